The minimum absolute atomic E-state index is 0.170. The molecular weight excluding hydrogens is 234 g/mol. The predicted molar refractivity (Wildman–Crippen MR) is 84.3 cm³/mol. The van der Waals surface area contributed by atoms with Gasteiger partial charge in [0.15, 0.2) is 0 Å². The first-order chi connectivity index (χ1) is 9.04. The molecule has 0 aromatic rings. The highest BCUT2D eigenvalue weighted by molar-refractivity contribution is 5.81. The Balaban J connectivity index is 3.33. The second kappa shape index (κ2) is 11.3. The highest BCUT2D eigenvalue weighted by Crippen LogP contribution is 2.24. The second-order valence-corrected chi connectivity index (χ2v) is 6.39. The second-order valence-electron chi connectivity index (χ2n) is 6.39. The van der Waals surface area contributed by atoms with E-state index in [4.69, 9.17) is 0 Å². The van der Waals surface area contributed by atoms with Crippen LogP contribution in [0.15, 0.2) is 0 Å². The lowest BCUT2D eigenvalue weighted by molar-refractivity contribution is -0.129. The standard InChI is InChI=1S/C17H35NO/c1-5-6-7-8-9-10-11-12-13-14-15-17(2,3)16(19)18-4/h5-15H2,1-4H3,(H,18,19). The van der Waals surface area contributed by atoms with Gasteiger partial charge >= 0.3 is 0 Å². The molecule has 0 aliphatic carbocycles. The van der Waals surface area contributed by atoms with E-state index in [9.17, 15) is 4.79 Å². The number of rotatable bonds is 12. The maximum absolute atomic E-state index is 11.6. The molecule has 2 nitrogen and oxygen atoms in total. The molecule has 0 bridgehead atoms. The van der Waals surface area contributed by atoms with Crippen molar-refractivity contribution in [2.75, 3.05) is 7.05 Å². The van der Waals surface area contributed by atoms with Crippen molar-refractivity contribution >= 4 is 5.91 Å². The molecule has 0 rings (SSSR count). The Kier molecular flexibility index (Phi) is 11.0. The number of unbranched alkanes of at least 4 members (excludes halogenated alkanes) is 9. The molecule has 0 aliphatic rings. The minimum atomic E-state index is -0.200. The van der Waals surface area contributed by atoms with Crippen molar-refractivity contribution in [3.05, 3.63) is 0 Å². The maximum atomic E-state index is 11.6. The van der Waals surface area contributed by atoms with Crippen LogP contribution in [0.3, 0.4) is 0 Å². The van der Waals surface area contributed by atoms with Crippen LogP contribution in [0, 0.1) is 5.41 Å². The summed E-state index contributed by atoms with van der Waals surface area (Å²) in [6.07, 6.45) is 14.5. The van der Waals surface area contributed by atoms with E-state index in [1.165, 1.54) is 64.2 Å². The van der Waals surface area contributed by atoms with Crippen LogP contribution in [0.25, 0.3) is 0 Å². The van der Waals surface area contributed by atoms with Gasteiger partial charge in [-0.2, -0.15) is 0 Å². The van der Waals surface area contributed by atoms with Crippen molar-refractivity contribution in [1.82, 2.24) is 5.32 Å². The van der Waals surface area contributed by atoms with Crippen molar-refractivity contribution in [3.63, 3.8) is 0 Å². The number of hydrogen-bond acceptors (Lipinski definition) is 1. The highest BCUT2D eigenvalue weighted by Gasteiger charge is 2.25. The Hall–Kier alpha value is -0.530. The zero-order valence-corrected chi connectivity index (χ0v) is 13.7. The molecule has 2 heteroatoms. The quantitative estimate of drug-likeness (QED) is 0.492. The predicted octanol–water partition coefficient (Wildman–Crippen LogP) is 5.07. The Morgan fingerprint density at radius 3 is 1.68 bits per heavy atom. The van der Waals surface area contributed by atoms with Gasteiger partial charge in [-0.3, -0.25) is 4.79 Å². The first-order valence-corrected chi connectivity index (χ1v) is 8.26. The summed E-state index contributed by atoms with van der Waals surface area (Å²) < 4.78 is 0. The first kappa shape index (κ1) is 18.5. The molecule has 0 aliphatic heterocycles. The summed E-state index contributed by atoms with van der Waals surface area (Å²) in [5.41, 5.74) is -0.200. The van der Waals surface area contributed by atoms with Gasteiger partial charge in [-0.25, -0.2) is 0 Å². The van der Waals surface area contributed by atoms with Gasteiger partial charge in [0.05, 0.1) is 0 Å². The third-order valence-corrected chi connectivity index (χ3v) is 4.00. The average molecular weight is 269 g/mol. The molecular formula is C17H35NO. The van der Waals surface area contributed by atoms with E-state index in [0.717, 1.165) is 6.42 Å². The average Bonchev–Trinajstić information content (AvgIpc) is 2.39. The van der Waals surface area contributed by atoms with E-state index >= 15 is 0 Å². The van der Waals surface area contributed by atoms with Crippen LogP contribution in [-0.2, 0) is 4.79 Å². The third kappa shape index (κ3) is 9.98. The van der Waals surface area contributed by atoms with Crippen molar-refractivity contribution in [2.45, 2.75) is 91.4 Å². The molecule has 1 amide bonds. The monoisotopic (exact) mass is 269 g/mol. The topological polar surface area (TPSA) is 29.1 Å². The normalized spacial score (nSPS) is 11.6. The number of carbonyl (C=O) groups excluding carboxylic acids is 1. The SMILES string of the molecule is CCCCCCCCCCCCC(C)(C)C(=O)NC. The first-order valence-electron chi connectivity index (χ1n) is 8.26. The summed E-state index contributed by atoms with van der Waals surface area (Å²) in [6.45, 7) is 6.35. The van der Waals surface area contributed by atoms with E-state index in [2.05, 4.69) is 12.2 Å². The lowest BCUT2D eigenvalue weighted by atomic mass is 9.86. The molecule has 0 spiro atoms. The van der Waals surface area contributed by atoms with Gasteiger partial charge in [0.25, 0.3) is 0 Å². The third-order valence-electron chi connectivity index (χ3n) is 4.00. The van der Waals surface area contributed by atoms with Crippen LogP contribution >= 0.6 is 0 Å². The Bertz CT molecular complexity index is 223. The number of amides is 1. The van der Waals surface area contributed by atoms with Gasteiger partial charge in [0.1, 0.15) is 0 Å². The molecule has 0 fully saturated rings. The minimum Gasteiger partial charge on any atom is -0.359 e. The zero-order chi connectivity index (χ0) is 14.6. The van der Waals surface area contributed by atoms with E-state index < -0.39 is 0 Å². The maximum Gasteiger partial charge on any atom is 0.225 e. The van der Waals surface area contributed by atoms with Crippen LogP contribution in [0.1, 0.15) is 91.4 Å². The van der Waals surface area contributed by atoms with Gasteiger partial charge in [-0.05, 0) is 6.42 Å². The molecule has 0 saturated carbocycles. The summed E-state index contributed by atoms with van der Waals surface area (Å²) in [7, 11) is 1.72. The van der Waals surface area contributed by atoms with Crippen LogP contribution in [0.2, 0.25) is 0 Å². The molecule has 0 heterocycles. The van der Waals surface area contributed by atoms with Crippen molar-refractivity contribution < 1.29 is 4.79 Å². The summed E-state index contributed by atoms with van der Waals surface area (Å²) in [4.78, 5) is 11.6. The number of carbonyl (C=O) groups is 1. The van der Waals surface area contributed by atoms with E-state index in [1.54, 1.807) is 7.05 Å². The smallest absolute Gasteiger partial charge is 0.225 e. The van der Waals surface area contributed by atoms with Crippen LogP contribution < -0.4 is 5.32 Å². The van der Waals surface area contributed by atoms with Crippen molar-refractivity contribution in [2.24, 2.45) is 5.41 Å². The van der Waals surface area contributed by atoms with Crippen LogP contribution in [0.5, 0.6) is 0 Å². The summed E-state index contributed by atoms with van der Waals surface area (Å²) in [6, 6.07) is 0. The van der Waals surface area contributed by atoms with Gasteiger partial charge in [-0.15, -0.1) is 0 Å². The zero-order valence-electron chi connectivity index (χ0n) is 13.7. The molecule has 0 aromatic carbocycles. The molecule has 0 saturated heterocycles. The van der Waals surface area contributed by atoms with Crippen molar-refractivity contribution in [3.8, 4) is 0 Å². The van der Waals surface area contributed by atoms with E-state index in [-0.39, 0.29) is 11.3 Å². The summed E-state index contributed by atoms with van der Waals surface area (Å²) in [5, 5.41) is 2.75. The summed E-state index contributed by atoms with van der Waals surface area (Å²) >= 11 is 0. The molecule has 0 unspecified atom stereocenters. The lowest BCUT2D eigenvalue weighted by Crippen LogP contribution is -2.34. The molecule has 19 heavy (non-hydrogen) atoms. The lowest BCUT2D eigenvalue weighted by Gasteiger charge is -2.22. The molecule has 1 N–H and O–H groups in total. The van der Waals surface area contributed by atoms with Gasteiger partial charge in [0.2, 0.25) is 5.91 Å². The molecule has 0 atom stereocenters. The van der Waals surface area contributed by atoms with Gasteiger partial charge < -0.3 is 5.32 Å². The molecule has 0 aromatic heterocycles. The number of nitrogens with one attached hydrogen (secondary N) is 1. The van der Waals surface area contributed by atoms with Gasteiger partial charge in [0, 0.05) is 12.5 Å². The Labute approximate surface area is 120 Å². The van der Waals surface area contributed by atoms with Crippen molar-refractivity contribution in [1.29, 1.82) is 0 Å². The Morgan fingerprint density at radius 2 is 1.26 bits per heavy atom. The van der Waals surface area contributed by atoms with E-state index in [1.807, 2.05) is 13.8 Å². The highest BCUT2D eigenvalue weighted by atomic mass is 16.2. The largest absolute Gasteiger partial charge is 0.359 e. The fourth-order valence-corrected chi connectivity index (χ4v) is 2.51. The number of hydrogen-bond donors (Lipinski definition) is 1. The van der Waals surface area contributed by atoms with E-state index in [0.29, 0.717) is 0 Å². The molecule has 114 valence electrons. The van der Waals surface area contributed by atoms with Gasteiger partial charge in [-0.1, -0.05) is 85.0 Å². The Morgan fingerprint density at radius 1 is 0.842 bits per heavy atom. The van der Waals surface area contributed by atoms with Crippen LogP contribution in [-0.4, -0.2) is 13.0 Å². The fraction of sp³-hybridized carbons (Fsp3) is 0.941. The summed E-state index contributed by atoms with van der Waals surface area (Å²) in [5.74, 6) is 0.170. The fourth-order valence-electron chi connectivity index (χ4n) is 2.51. The molecule has 0 radical (unpaired) electrons. The van der Waals surface area contributed by atoms with Crippen LogP contribution in [0.4, 0.5) is 0 Å².